The molecule has 7 nitrogen and oxygen atoms in total. The van der Waals surface area contributed by atoms with Crippen LogP contribution in [0.1, 0.15) is 50.4 Å². The Morgan fingerprint density at radius 1 is 1.32 bits per heavy atom. The van der Waals surface area contributed by atoms with Gasteiger partial charge in [-0.1, -0.05) is 18.5 Å². The minimum absolute atomic E-state index is 0.0387. The predicted molar refractivity (Wildman–Crippen MR) is 132 cm³/mol. The first kappa shape index (κ1) is 24.7. The average Bonchev–Trinajstić information content (AvgIpc) is 3.20. The number of allylic oxidation sites excluding steroid dienone is 2. The third-order valence-electron chi connectivity index (χ3n) is 6.59. The SMILES string of the molecule is CCCN1CCC(Oc2cc(F)ccc2C(=O)N2C/C(=C3/N=C(C)C(Cl)=C(C)N3)C(N)C2)CC1. The first-order valence-corrected chi connectivity index (χ1v) is 12.3. The Morgan fingerprint density at radius 2 is 2.06 bits per heavy atom. The van der Waals surface area contributed by atoms with Gasteiger partial charge in [0.2, 0.25) is 0 Å². The predicted octanol–water partition coefficient (Wildman–Crippen LogP) is 3.61. The first-order valence-electron chi connectivity index (χ1n) is 11.9. The second-order valence-electron chi connectivity index (χ2n) is 9.23. The molecule has 1 amide bonds. The number of likely N-dealkylation sites (tertiary alicyclic amines) is 2. The zero-order chi connectivity index (χ0) is 24.4. The molecule has 1 atom stereocenters. The monoisotopic (exact) mass is 489 g/mol. The Kier molecular flexibility index (Phi) is 7.60. The number of carbonyl (C=O) groups excluding carboxylic acids is 1. The molecule has 1 aromatic carbocycles. The van der Waals surface area contributed by atoms with Crippen molar-refractivity contribution in [1.29, 1.82) is 0 Å². The van der Waals surface area contributed by atoms with Crippen LogP contribution in [-0.2, 0) is 0 Å². The van der Waals surface area contributed by atoms with E-state index in [-0.39, 0.29) is 18.1 Å². The zero-order valence-corrected chi connectivity index (χ0v) is 20.8. The summed E-state index contributed by atoms with van der Waals surface area (Å²) in [5.41, 5.74) is 9.08. The summed E-state index contributed by atoms with van der Waals surface area (Å²) < 4.78 is 20.3. The fraction of sp³-hybridized carbons (Fsp3) is 0.520. The highest BCUT2D eigenvalue weighted by molar-refractivity contribution is 6.43. The lowest BCUT2D eigenvalue weighted by Crippen LogP contribution is -2.39. The summed E-state index contributed by atoms with van der Waals surface area (Å²) in [6, 6.07) is 3.75. The highest BCUT2D eigenvalue weighted by Crippen LogP contribution is 2.29. The summed E-state index contributed by atoms with van der Waals surface area (Å²) in [5.74, 6) is 0.276. The van der Waals surface area contributed by atoms with Crippen LogP contribution in [0.15, 0.2) is 45.3 Å². The minimum atomic E-state index is -0.425. The van der Waals surface area contributed by atoms with E-state index < -0.39 is 5.82 Å². The van der Waals surface area contributed by atoms with Crippen molar-refractivity contribution in [3.63, 3.8) is 0 Å². The molecular weight excluding hydrogens is 457 g/mol. The molecule has 3 N–H and O–H groups in total. The van der Waals surface area contributed by atoms with Gasteiger partial charge in [-0.2, -0.15) is 0 Å². The summed E-state index contributed by atoms with van der Waals surface area (Å²) in [6.07, 6.45) is 2.79. The number of nitrogens with zero attached hydrogens (tertiary/aromatic N) is 3. The van der Waals surface area contributed by atoms with E-state index in [0.717, 1.165) is 50.2 Å². The van der Waals surface area contributed by atoms with Gasteiger partial charge in [-0.15, -0.1) is 0 Å². The lowest BCUT2D eigenvalue weighted by Gasteiger charge is -2.32. The Balaban J connectivity index is 1.50. The third kappa shape index (κ3) is 5.29. The number of benzene rings is 1. The highest BCUT2D eigenvalue weighted by Gasteiger charge is 2.34. The minimum Gasteiger partial charge on any atom is -0.489 e. The van der Waals surface area contributed by atoms with Crippen LogP contribution in [-0.4, -0.2) is 66.3 Å². The van der Waals surface area contributed by atoms with E-state index in [1.54, 1.807) is 4.90 Å². The Labute approximate surface area is 205 Å². The number of hydrogen-bond acceptors (Lipinski definition) is 6. The van der Waals surface area contributed by atoms with Crippen molar-refractivity contribution in [2.24, 2.45) is 10.7 Å². The average molecular weight is 490 g/mol. The van der Waals surface area contributed by atoms with Crippen LogP contribution >= 0.6 is 11.6 Å². The molecule has 3 aliphatic heterocycles. The number of aliphatic imine (C=N–C) groups is 1. The van der Waals surface area contributed by atoms with Crippen LogP contribution < -0.4 is 15.8 Å². The van der Waals surface area contributed by atoms with Crippen LogP contribution in [0.25, 0.3) is 0 Å². The van der Waals surface area contributed by atoms with Gasteiger partial charge in [0, 0.05) is 49.6 Å². The molecule has 4 rings (SSSR count). The van der Waals surface area contributed by atoms with Crippen LogP contribution in [0, 0.1) is 5.82 Å². The van der Waals surface area contributed by atoms with Gasteiger partial charge in [0.25, 0.3) is 5.91 Å². The third-order valence-corrected chi connectivity index (χ3v) is 7.15. The maximum atomic E-state index is 14.1. The van der Waals surface area contributed by atoms with Crippen LogP contribution in [0.2, 0.25) is 0 Å². The van der Waals surface area contributed by atoms with E-state index in [1.807, 2.05) is 13.8 Å². The number of nitrogens with one attached hydrogen (secondary N) is 1. The van der Waals surface area contributed by atoms with Crippen molar-refractivity contribution >= 4 is 23.2 Å². The summed E-state index contributed by atoms with van der Waals surface area (Å²) in [4.78, 5) is 22.1. The molecule has 1 unspecified atom stereocenters. The van der Waals surface area contributed by atoms with E-state index >= 15 is 0 Å². The quantitative estimate of drug-likeness (QED) is 0.660. The zero-order valence-electron chi connectivity index (χ0n) is 20.0. The largest absolute Gasteiger partial charge is 0.489 e. The number of halogens is 2. The van der Waals surface area contributed by atoms with Gasteiger partial charge < -0.3 is 25.6 Å². The van der Waals surface area contributed by atoms with Crippen molar-refractivity contribution in [2.45, 2.75) is 52.2 Å². The van der Waals surface area contributed by atoms with Gasteiger partial charge >= 0.3 is 0 Å². The maximum Gasteiger partial charge on any atom is 0.257 e. The first-order chi connectivity index (χ1) is 16.3. The van der Waals surface area contributed by atoms with Crippen LogP contribution in [0.5, 0.6) is 5.75 Å². The van der Waals surface area contributed by atoms with Crippen molar-refractivity contribution in [3.05, 3.63) is 51.7 Å². The molecule has 0 bridgehead atoms. The van der Waals surface area contributed by atoms with E-state index in [1.165, 1.54) is 18.2 Å². The molecule has 0 spiro atoms. The summed E-state index contributed by atoms with van der Waals surface area (Å²) in [5, 5.41) is 3.78. The van der Waals surface area contributed by atoms with Crippen LogP contribution in [0.4, 0.5) is 4.39 Å². The van der Waals surface area contributed by atoms with Crippen molar-refractivity contribution in [2.75, 3.05) is 32.7 Å². The number of nitrogens with two attached hydrogens (primary N) is 1. The van der Waals surface area contributed by atoms with Gasteiger partial charge in [0.1, 0.15) is 23.5 Å². The number of hydrogen-bond donors (Lipinski definition) is 2. The van der Waals surface area contributed by atoms with Crippen molar-refractivity contribution < 1.29 is 13.9 Å². The summed E-state index contributed by atoms with van der Waals surface area (Å²) in [6.45, 7) is 9.52. The number of ether oxygens (including phenoxy) is 1. The molecule has 3 heterocycles. The molecule has 184 valence electrons. The van der Waals surface area contributed by atoms with Gasteiger partial charge in [-0.3, -0.25) is 4.79 Å². The summed E-state index contributed by atoms with van der Waals surface area (Å²) >= 11 is 6.24. The molecule has 0 aliphatic carbocycles. The van der Waals surface area contributed by atoms with E-state index in [2.05, 4.69) is 22.1 Å². The molecule has 0 saturated carbocycles. The standard InChI is InChI=1S/C25H33ClFN5O2/c1-4-9-31-10-7-18(8-11-31)34-22-12-17(27)5-6-19(22)25(33)32-13-20(21(28)14-32)24-29-15(2)23(26)16(3)30-24/h5-6,12,18,21,29H,4,7-11,13-14,28H2,1-3H3/b24-20-. The normalized spacial score (nSPS) is 24.4. The van der Waals surface area contributed by atoms with Gasteiger partial charge in [-0.05, 0) is 51.8 Å². The molecule has 3 aliphatic rings. The molecule has 34 heavy (non-hydrogen) atoms. The highest BCUT2D eigenvalue weighted by atomic mass is 35.5. The second kappa shape index (κ2) is 10.5. The lowest BCUT2D eigenvalue weighted by molar-refractivity contribution is 0.0768. The smallest absolute Gasteiger partial charge is 0.257 e. The molecule has 9 heteroatoms. The Morgan fingerprint density at radius 3 is 2.74 bits per heavy atom. The van der Waals surface area contributed by atoms with Gasteiger partial charge in [0.15, 0.2) is 0 Å². The fourth-order valence-corrected chi connectivity index (χ4v) is 4.82. The number of rotatable bonds is 5. The number of piperidine rings is 1. The van der Waals surface area contributed by atoms with Crippen molar-refractivity contribution in [1.82, 2.24) is 15.1 Å². The topological polar surface area (TPSA) is 83.2 Å². The van der Waals surface area contributed by atoms with E-state index in [0.29, 0.717) is 41.0 Å². The summed E-state index contributed by atoms with van der Waals surface area (Å²) in [7, 11) is 0. The lowest BCUT2D eigenvalue weighted by atomic mass is 10.1. The molecule has 2 fully saturated rings. The number of carbonyl (C=O) groups is 1. The second-order valence-corrected chi connectivity index (χ2v) is 9.60. The maximum absolute atomic E-state index is 14.1. The Hall–Kier alpha value is -2.42. The van der Waals surface area contributed by atoms with E-state index in [9.17, 15) is 9.18 Å². The molecule has 0 aromatic heterocycles. The molecular formula is C25H33ClFN5O2. The molecule has 2 saturated heterocycles. The number of amides is 1. The van der Waals surface area contributed by atoms with Gasteiger partial charge in [-0.25, -0.2) is 9.38 Å². The van der Waals surface area contributed by atoms with Gasteiger partial charge in [0.05, 0.1) is 16.3 Å². The fourth-order valence-electron chi connectivity index (χ4n) is 4.73. The molecule has 0 radical (unpaired) electrons. The Bertz CT molecular complexity index is 1050. The van der Waals surface area contributed by atoms with Crippen LogP contribution in [0.3, 0.4) is 0 Å². The molecule has 1 aromatic rings. The van der Waals surface area contributed by atoms with E-state index in [4.69, 9.17) is 22.1 Å². The van der Waals surface area contributed by atoms with Crippen molar-refractivity contribution in [3.8, 4) is 5.75 Å².